The Labute approximate surface area is 174 Å². The molecule has 0 saturated heterocycles. The Morgan fingerprint density at radius 2 is 1.70 bits per heavy atom. The molecule has 142 valence electrons. The fourth-order valence-corrected chi connectivity index (χ4v) is 3.72. The first kappa shape index (κ1) is 19.9. The van der Waals surface area contributed by atoms with Crippen LogP contribution >= 0.6 is 22.6 Å². The molecule has 2 aromatic carbocycles. The van der Waals surface area contributed by atoms with E-state index < -0.39 is 0 Å². The van der Waals surface area contributed by atoms with Gasteiger partial charge in [0.1, 0.15) is 0 Å². The van der Waals surface area contributed by atoms with Crippen molar-refractivity contribution < 1.29 is 9.59 Å². The van der Waals surface area contributed by atoms with Crippen LogP contribution in [0.25, 0.3) is 0 Å². The summed E-state index contributed by atoms with van der Waals surface area (Å²) in [6.45, 7) is 5.54. The van der Waals surface area contributed by atoms with Gasteiger partial charge in [0.25, 0.3) is 0 Å². The maximum absolute atomic E-state index is 12.9. The molecule has 0 fully saturated rings. The molecule has 4 nitrogen and oxygen atoms in total. The van der Waals surface area contributed by atoms with E-state index in [1.165, 1.54) is 14.7 Å². The highest BCUT2D eigenvalue weighted by Crippen LogP contribution is 2.22. The molecule has 1 N–H and O–H groups in total. The van der Waals surface area contributed by atoms with Crippen molar-refractivity contribution in [2.24, 2.45) is 11.8 Å². The summed E-state index contributed by atoms with van der Waals surface area (Å²) in [5.41, 5.74) is 3.58. The van der Waals surface area contributed by atoms with Gasteiger partial charge in [-0.1, -0.05) is 50.2 Å². The van der Waals surface area contributed by atoms with E-state index in [0.717, 1.165) is 18.5 Å². The lowest BCUT2D eigenvalue weighted by molar-refractivity contribution is -0.141. The normalized spacial score (nSPS) is 15.6. The van der Waals surface area contributed by atoms with Crippen LogP contribution in [0.1, 0.15) is 30.5 Å². The maximum atomic E-state index is 12.9. The minimum absolute atomic E-state index is 0.0569. The number of rotatable bonds is 5. The Morgan fingerprint density at radius 1 is 1.04 bits per heavy atom. The summed E-state index contributed by atoms with van der Waals surface area (Å²) in [7, 11) is 0. The molecule has 1 aliphatic heterocycles. The van der Waals surface area contributed by atoms with Crippen molar-refractivity contribution in [3.05, 3.63) is 68.8 Å². The van der Waals surface area contributed by atoms with Gasteiger partial charge in [0.2, 0.25) is 11.8 Å². The van der Waals surface area contributed by atoms with Gasteiger partial charge in [-0.05, 0) is 57.8 Å². The van der Waals surface area contributed by atoms with E-state index in [-0.39, 0.29) is 23.7 Å². The number of amides is 2. The molecule has 2 amide bonds. The number of nitrogens with one attached hydrogen (secondary N) is 1. The number of hydrogen-bond donors (Lipinski definition) is 1. The van der Waals surface area contributed by atoms with Gasteiger partial charge in [-0.15, -0.1) is 0 Å². The molecule has 0 saturated carbocycles. The minimum Gasteiger partial charge on any atom is -0.352 e. The highest BCUT2D eigenvalue weighted by molar-refractivity contribution is 14.1. The van der Waals surface area contributed by atoms with Gasteiger partial charge in [-0.25, -0.2) is 0 Å². The van der Waals surface area contributed by atoms with Crippen molar-refractivity contribution in [1.82, 2.24) is 10.2 Å². The number of fused-ring (bicyclic) bond motifs is 1. The van der Waals surface area contributed by atoms with E-state index in [0.29, 0.717) is 13.1 Å². The summed E-state index contributed by atoms with van der Waals surface area (Å²) < 4.78 is 1.17. The standard InChI is InChI=1S/C22H25IN2O2/c1-15(21(26)24-13-17-7-9-20(23)10-8-17)16(2)22(27)25-12-11-18-5-3-4-6-19(18)14-25/h3-10,15-16H,11-14H2,1-2H3,(H,24,26)/t15-,16-/m1/s1. The van der Waals surface area contributed by atoms with Gasteiger partial charge in [0, 0.05) is 35.0 Å². The zero-order valence-corrected chi connectivity index (χ0v) is 17.9. The first-order chi connectivity index (χ1) is 13.0. The highest BCUT2D eigenvalue weighted by atomic mass is 127. The number of nitrogens with zero attached hydrogens (tertiary/aromatic N) is 1. The fourth-order valence-electron chi connectivity index (χ4n) is 3.37. The van der Waals surface area contributed by atoms with Crippen molar-refractivity contribution >= 4 is 34.4 Å². The third-order valence-corrected chi connectivity index (χ3v) is 6.09. The zero-order valence-electron chi connectivity index (χ0n) is 15.7. The Kier molecular flexibility index (Phi) is 6.52. The Bertz CT molecular complexity index is 819. The van der Waals surface area contributed by atoms with Crippen molar-refractivity contribution in [3.8, 4) is 0 Å². The molecular weight excluding hydrogens is 451 g/mol. The molecular formula is C22H25IN2O2. The highest BCUT2D eigenvalue weighted by Gasteiger charge is 2.31. The quantitative estimate of drug-likeness (QED) is 0.669. The molecule has 0 spiro atoms. The predicted molar refractivity (Wildman–Crippen MR) is 115 cm³/mol. The Balaban J connectivity index is 1.56. The average molecular weight is 476 g/mol. The molecule has 0 bridgehead atoms. The van der Waals surface area contributed by atoms with Crippen LogP contribution in [0.4, 0.5) is 0 Å². The van der Waals surface area contributed by atoms with Gasteiger partial charge in [0.15, 0.2) is 0 Å². The second-order valence-electron chi connectivity index (χ2n) is 7.20. The van der Waals surface area contributed by atoms with Crippen molar-refractivity contribution in [2.75, 3.05) is 6.54 Å². The van der Waals surface area contributed by atoms with Gasteiger partial charge >= 0.3 is 0 Å². The Hall–Kier alpha value is -1.89. The summed E-state index contributed by atoms with van der Waals surface area (Å²) in [5, 5.41) is 2.96. The third-order valence-electron chi connectivity index (χ3n) is 5.38. The van der Waals surface area contributed by atoms with E-state index in [1.54, 1.807) is 0 Å². The molecule has 27 heavy (non-hydrogen) atoms. The second-order valence-corrected chi connectivity index (χ2v) is 8.45. The van der Waals surface area contributed by atoms with E-state index in [9.17, 15) is 9.59 Å². The van der Waals surface area contributed by atoms with E-state index in [4.69, 9.17) is 0 Å². The smallest absolute Gasteiger partial charge is 0.226 e. The minimum atomic E-state index is -0.362. The summed E-state index contributed by atoms with van der Waals surface area (Å²) in [4.78, 5) is 27.3. The largest absolute Gasteiger partial charge is 0.352 e. The zero-order chi connectivity index (χ0) is 19.4. The average Bonchev–Trinajstić information content (AvgIpc) is 2.71. The van der Waals surface area contributed by atoms with Crippen molar-refractivity contribution in [2.45, 2.75) is 33.4 Å². The third kappa shape index (κ3) is 4.89. The van der Waals surface area contributed by atoms with E-state index in [2.05, 4.69) is 40.0 Å². The van der Waals surface area contributed by atoms with Crippen LogP contribution in [0.3, 0.4) is 0 Å². The van der Waals surface area contributed by atoms with Crippen molar-refractivity contribution in [1.29, 1.82) is 0 Å². The van der Waals surface area contributed by atoms with Gasteiger partial charge < -0.3 is 10.2 Å². The summed E-state index contributed by atoms with van der Waals surface area (Å²) >= 11 is 2.26. The predicted octanol–water partition coefficient (Wildman–Crippen LogP) is 3.76. The monoisotopic (exact) mass is 476 g/mol. The Morgan fingerprint density at radius 3 is 2.41 bits per heavy atom. The van der Waals surface area contributed by atoms with Crippen LogP contribution in [0.2, 0.25) is 0 Å². The van der Waals surface area contributed by atoms with Crippen LogP contribution in [0.5, 0.6) is 0 Å². The SMILES string of the molecule is C[C@@H](C(=O)NCc1ccc(I)cc1)[C@@H](C)C(=O)N1CCc2ccccc2C1. The maximum Gasteiger partial charge on any atom is 0.226 e. The summed E-state index contributed by atoms with van der Waals surface area (Å²) in [6, 6.07) is 16.3. The number of carbonyl (C=O) groups is 2. The fraction of sp³-hybridized carbons (Fsp3) is 0.364. The first-order valence-corrected chi connectivity index (χ1v) is 10.4. The molecule has 0 radical (unpaired) electrons. The molecule has 3 rings (SSSR count). The molecule has 1 heterocycles. The molecule has 1 aliphatic rings. The van der Waals surface area contributed by atoms with Gasteiger partial charge in [-0.3, -0.25) is 9.59 Å². The number of carbonyl (C=O) groups excluding carboxylic acids is 2. The molecule has 0 unspecified atom stereocenters. The molecule has 0 aromatic heterocycles. The number of halogens is 1. The molecule has 5 heteroatoms. The molecule has 2 atom stereocenters. The molecule has 2 aromatic rings. The summed E-state index contributed by atoms with van der Waals surface area (Å²) in [5.74, 6) is -0.723. The van der Waals surface area contributed by atoms with E-state index in [1.807, 2.05) is 55.1 Å². The van der Waals surface area contributed by atoms with Crippen LogP contribution in [0, 0.1) is 15.4 Å². The topological polar surface area (TPSA) is 49.4 Å². The van der Waals surface area contributed by atoms with Crippen LogP contribution < -0.4 is 5.32 Å². The van der Waals surface area contributed by atoms with Crippen LogP contribution in [-0.2, 0) is 29.1 Å². The van der Waals surface area contributed by atoms with E-state index >= 15 is 0 Å². The van der Waals surface area contributed by atoms with Crippen LogP contribution in [0.15, 0.2) is 48.5 Å². The summed E-state index contributed by atoms with van der Waals surface area (Å²) in [6.07, 6.45) is 0.877. The first-order valence-electron chi connectivity index (χ1n) is 9.33. The second kappa shape index (κ2) is 8.87. The lowest BCUT2D eigenvalue weighted by Crippen LogP contribution is -2.43. The van der Waals surface area contributed by atoms with Gasteiger partial charge in [0.05, 0.1) is 0 Å². The van der Waals surface area contributed by atoms with Crippen molar-refractivity contribution in [3.63, 3.8) is 0 Å². The molecule has 0 aliphatic carbocycles. The lowest BCUT2D eigenvalue weighted by Gasteiger charge is -2.32. The lowest BCUT2D eigenvalue weighted by atomic mass is 9.92. The number of benzene rings is 2. The van der Waals surface area contributed by atoms with Crippen LogP contribution in [-0.4, -0.2) is 23.3 Å². The number of hydrogen-bond acceptors (Lipinski definition) is 2. The van der Waals surface area contributed by atoms with Gasteiger partial charge in [-0.2, -0.15) is 0 Å².